The van der Waals surface area contributed by atoms with E-state index in [1.807, 2.05) is 32.0 Å². The zero-order chi connectivity index (χ0) is 20.6. The van der Waals surface area contributed by atoms with Crippen LogP contribution in [0.25, 0.3) is 10.8 Å². The van der Waals surface area contributed by atoms with Gasteiger partial charge in [0.05, 0.1) is 0 Å². The predicted molar refractivity (Wildman–Crippen MR) is 118 cm³/mol. The van der Waals surface area contributed by atoms with Gasteiger partial charge in [0.15, 0.2) is 0 Å². The molecule has 2 aromatic carbocycles. The van der Waals surface area contributed by atoms with E-state index in [0.717, 1.165) is 44.5 Å². The molecule has 0 radical (unpaired) electrons. The van der Waals surface area contributed by atoms with Gasteiger partial charge in [0.25, 0.3) is 0 Å². The fourth-order valence-corrected chi connectivity index (χ4v) is 4.48. The highest BCUT2D eigenvalue weighted by Crippen LogP contribution is 2.26. The van der Waals surface area contributed by atoms with Gasteiger partial charge in [-0.15, -0.1) is 0 Å². The fraction of sp³-hybridized carbons (Fsp3) is 0.538. The predicted octanol–water partition coefficient (Wildman–Crippen LogP) is 5.78. The molecule has 2 unspecified atom stereocenters. The molecule has 156 valence electrons. The van der Waals surface area contributed by atoms with Crippen molar-refractivity contribution in [3.8, 4) is 0 Å². The number of Topliss-reactive ketones (excluding diaryl/α,β-unsaturated/α-hetero) is 2. The van der Waals surface area contributed by atoms with E-state index >= 15 is 0 Å². The Morgan fingerprint density at radius 2 is 1.83 bits per heavy atom. The summed E-state index contributed by atoms with van der Waals surface area (Å²) in [6, 6.07) is 14.5. The first-order valence-corrected chi connectivity index (χ1v) is 11.1. The van der Waals surface area contributed by atoms with Crippen LogP contribution in [0.5, 0.6) is 0 Å². The fourth-order valence-electron chi connectivity index (χ4n) is 4.48. The molecule has 1 aliphatic rings. The molecule has 3 rings (SSSR count). The van der Waals surface area contributed by atoms with E-state index in [4.69, 9.17) is 4.74 Å². The number of carbonyl (C=O) groups is 2. The molecule has 2 aromatic rings. The van der Waals surface area contributed by atoms with Crippen LogP contribution in [0.1, 0.15) is 57.9 Å². The number of rotatable bonds is 9. The lowest BCUT2D eigenvalue weighted by atomic mass is 9.83. The third-order valence-corrected chi connectivity index (χ3v) is 6.19. The maximum atomic E-state index is 12.9. The molecule has 0 aromatic heterocycles. The van der Waals surface area contributed by atoms with Crippen LogP contribution in [0, 0.1) is 17.8 Å². The minimum Gasteiger partial charge on any atom is -0.381 e. The highest BCUT2D eigenvalue weighted by molar-refractivity contribution is 5.90. The van der Waals surface area contributed by atoms with Gasteiger partial charge >= 0.3 is 0 Å². The monoisotopic (exact) mass is 394 g/mol. The van der Waals surface area contributed by atoms with Crippen molar-refractivity contribution in [3.05, 3.63) is 48.0 Å². The average Bonchev–Trinajstić information content (AvgIpc) is 3.00. The summed E-state index contributed by atoms with van der Waals surface area (Å²) in [6.07, 6.45) is 5.82. The molecule has 3 heteroatoms. The lowest BCUT2D eigenvalue weighted by Crippen LogP contribution is -2.25. The van der Waals surface area contributed by atoms with Gasteiger partial charge in [-0.3, -0.25) is 9.59 Å². The Labute approximate surface area is 174 Å². The van der Waals surface area contributed by atoms with Gasteiger partial charge in [0.1, 0.15) is 11.6 Å². The molecule has 1 heterocycles. The molecule has 1 saturated heterocycles. The molecule has 0 spiro atoms. The highest BCUT2D eigenvalue weighted by atomic mass is 16.5. The van der Waals surface area contributed by atoms with Gasteiger partial charge in [-0.25, -0.2) is 0 Å². The molecule has 1 fully saturated rings. The number of fused-ring (bicyclic) bond motifs is 1. The molecular formula is C26H34O3. The first-order valence-electron chi connectivity index (χ1n) is 11.1. The van der Waals surface area contributed by atoms with E-state index in [1.165, 1.54) is 10.8 Å². The summed E-state index contributed by atoms with van der Waals surface area (Å²) >= 11 is 0. The van der Waals surface area contributed by atoms with Gasteiger partial charge in [0.2, 0.25) is 0 Å². The van der Waals surface area contributed by atoms with Crippen molar-refractivity contribution in [2.24, 2.45) is 17.8 Å². The number of benzene rings is 2. The largest absolute Gasteiger partial charge is 0.381 e. The Bertz CT molecular complexity index is 810. The third kappa shape index (κ3) is 6.24. The van der Waals surface area contributed by atoms with Crippen molar-refractivity contribution in [3.63, 3.8) is 0 Å². The van der Waals surface area contributed by atoms with Crippen LogP contribution in [-0.2, 0) is 20.7 Å². The molecule has 3 nitrogen and oxygen atoms in total. The third-order valence-electron chi connectivity index (χ3n) is 6.19. The summed E-state index contributed by atoms with van der Waals surface area (Å²) in [7, 11) is 0. The summed E-state index contributed by atoms with van der Waals surface area (Å²) in [4.78, 5) is 25.7. The van der Waals surface area contributed by atoms with E-state index in [-0.39, 0.29) is 23.4 Å². The van der Waals surface area contributed by atoms with Crippen molar-refractivity contribution < 1.29 is 14.3 Å². The molecule has 2 atom stereocenters. The van der Waals surface area contributed by atoms with Crippen molar-refractivity contribution in [1.29, 1.82) is 0 Å². The second kappa shape index (κ2) is 10.7. The molecule has 0 amide bonds. The van der Waals surface area contributed by atoms with E-state index in [0.29, 0.717) is 25.2 Å². The van der Waals surface area contributed by atoms with Crippen LogP contribution in [0.3, 0.4) is 0 Å². The first kappa shape index (κ1) is 21.7. The Morgan fingerprint density at radius 3 is 2.66 bits per heavy atom. The van der Waals surface area contributed by atoms with Crippen LogP contribution >= 0.6 is 0 Å². The van der Waals surface area contributed by atoms with Crippen LogP contribution < -0.4 is 0 Å². The van der Waals surface area contributed by atoms with Crippen molar-refractivity contribution in [2.45, 2.75) is 58.8 Å². The zero-order valence-electron chi connectivity index (χ0n) is 17.9. The number of carbonyl (C=O) groups excluding carboxylic acids is 2. The van der Waals surface area contributed by atoms with Crippen LogP contribution in [-0.4, -0.2) is 24.8 Å². The number of hydrogen-bond donors (Lipinski definition) is 0. The Balaban J connectivity index is 1.66. The average molecular weight is 395 g/mol. The van der Waals surface area contributed by atoms with Crippen LogP contribution in [0.15, 0.2) is 42.5 Å². The summed E-state index contributed by atoms with van der Waals surface area (Å²) in [5, 5.41) is 2.37. The normalized spacial score (nSPS) is 18.5. The smallest absolute Gasteiger partial charge is 0.139 e. The van der Waals surface area contributed by atoms with Crippen LogP contribution in [0.4, 0.5) is 0 Å². The van der Waals surface area contributed by atoms with Gasteiger partial charge in [0, 0.05) is 37.9 Å². The van der Waals surface area contributed by atoms with Gasteiger partial charge < -0.3 is 4.74 Å². The Morgan fingerprint density at radius 1 is 1.03 bits per heavy atom. The summed E-state index contributed by atoms with van der Waals surface area (Å²) in [5.41, 5.74) is 1.16. The van der Waals surface area contributed by atoms with Gasteiger partial charge in [-0.1, -0.05) is 56.3 Å². The van der Waals surface area contributed by atoms with Gasteiger partial charge in [-0.05, 0) is 54.4 Å². The molecular weight excluding hydrogens is 360 g/mol. The lowest BCUT2D eigenvalue weighted by molar-refractivity contribution is -0.130. The molecule has 0 saturated carbocycles. The van der Waals surface area contributed by atoms with Crippen molar-refractivity contribution in [1.82, 2.24) is 0 Å². The van der Waals surface area contributed by atoms with Crippen molar-refractivity contribution >= 4 is 22.3 Å². The SMILES string of the molecule is CC(C)C(=O)C(CC(=O)CCC1CCCOCC1)Cc1cccc2ccccc12. The minimum absolute atomic E-state index is 0.0539. The van der Waals surface area contributed by atoms with E-state index in [9.17, 15) is 9.59 Å². The lowest BCUT2D eigenvalue weighted by Gasteiger charge is -2.19. The van der Waals surface area contributed by atoms with E-state index in [2.05, 4.69) is 24.3 Å². The van der Waals surface area contributed by atoms with E-state index in [1.54, 1.807) is 0 Å². The standard InChI is InChI=1S/C26H34O3/c1-19(2)26(28)23(17-22-10-5-9-21-8-3-4-11-25(21)22)18-24(27)13-12-20-7-6-15-29-16-14-20/h3-5,8-11,19-20,23H,6-7,12-18H2,1-2H3. The highest BCUT2D eigenvalue weighted by Gasteiger charge is 2.25. The van der Waals surface area contributed by atoms with Crippen molar-refractivity contribution in [2.75, 3.05) is 13.2 Å². The zero-order valence-corrected chi connectivity index (χ0v) is 17.9. The maximum Gasteiger partial charge on any atom is 0.139 e. The molecule has 29 heavy (non-hydrogen) atoms. The Hall–Kier alpha value is -2.00. The second-order valence-corrected chi connectivity index (χ2v) is 8.79. The molecule has 0 aliphatic carbocycles. The molecule has 0 N–H and O–H groups in total. The number of ether oxygens (including phenoxy) is 1. The second-order valence-electron chi connectivity index (χ2n) is 8.79. The number of ketones is 2. The number of hydrogen-bond acceptors (Lipinski definition) is 3. The van der Waals surface area contributed by atoms with E-state index < -0.39 is 0 Å². The summed E-state index contributed by atoms with van der Waals surface area (Å²) in [5.74, 6) is 0.731. The molecule has 1 aliphatic heterocycles. The Kier molecular flexibility index (Phi) is 8.00. The van der Waals surface area contributed by atoms with Crippen LogP contribution in [0.2, 0.25) is 0 Å². The maximum absolute atomic E-state index is 12.9. The first-order chi connectivity index (χ1) is 14.0. The van der Waals surface area contributed by atoms with Gasteiger partial charge in [-0.2, -0.15) is 0 Å². The quantitative estimate of drug-likeness (QED) is 0.541. The summed E-state index contributed by atoms with van der Waals surface area (Å²) in [6.45, 7) is 5.54. The molecule has 0 bridgehead atoms. The topological polar surface area (TPSA) is 43.4 Å². The summed E-state index contributed by atoms with van der Waals surface area (Å²) < 4.78 is 5.53. The minimum atomic E-state index is -0.231.